The molecule has 0 unspecified atom stereocenters. The molecule has 0 amide bonds. The molecular formula is C13H15ClN4O. The number of nitrogens with one attached hydrogen (secondary N) is 2. The van der Waals surface area contributed by atoms with Gasteiger partial charge < -0.3 is 15.4 Å². The number of anilines is 3. The summed E-state index contributed by atoms with van der Waals surface area (Å²) in [4.78, 5) is 8.39. The van der Waals surface area contributed by atoms with Crippen molar-refractivity contribution in [3.05, 3.63) is 35.5 Å². The normalized spacial score (nSPS) is 10.1. The van der Waals surface area contributed by atoms with E-state index in [0.717, 1.165) is 18.0 Å². The van der Waals surface area contributed by atoms with Crippen LogP contribution < -0.4 is 15.4 Å². The second kappa shape index (κ2) is 6.24. The molecule has 2 rings (SSSR count). The Hall–Kier alpha value is -2.01. The van der Waals surface area contributed by atoms with Gasteiger partial charge in [-0.15, -0.1) is 0 Å². The molecule has 0 bridgehead atoms. The maximum atomic E-state index is 6.06. The first kappa shape index (κ1) is 13.4. The lowest BCUT2D eigenvalue weighted by Crippen LogP contribution is -2.04. The van der Waals surface area contributed by atoms with E-state index >= 15 is 0 Å². The quantitative estimate of drug-likeness (QED) is 0.879. The largest absolute Gasteiger partial charge is 0.497 e. The molecule has 0 saturated carbocycles. The molecule has 1 heterocycles. The van der Waals surface area contributed by atoms with Crippen molar-refractivity contribution in [2.24, 2.45) is 0 Å². The van der Waals surface area contributed by atoms with E-state index in [4.69, 9.17) is 16.3 Å². The molecular weight excluding hydrogens is 264 g/mol. The SMILES string of the molecule is CCNc1ncc(Cl)c(Nc2ccc(OC)cc2)n1. The average Bonchev–Trinajstić information content (AvgIpc) is 2.44. The van der Waals surface area contributed by atoms with Gasteiger partial charge in [-0.25, -0.2) is 4.98 Å². The minimum atomic E-state index is 0.470. The second-order valence-corrected chi connectivity index (χ2v) is 4.18. The van der Waals surface area contributed by atoms with Crippen LogP contribution >= 0.6 is 11.6 Å². The number of ether oxygens (including phenoxy) is 1. The highest BCUT2D eigenvalue weighted by atomic mass is 35.5. The lowest BCUT2D eigenvalue weighted by Gasteiger charge is -2.09. The predicted molar refractivity (Wildman–Crippen MR) is 77.5 cm³/mol. The molecule has 0 fully saturated rings. The van der Waals surface area contributed by atoms with E-state index in [1.807, 2.05) is 31.2 Å². The van der Waals surface area contributed by atoms with Gasteiger partial charge in [-0.2, -0.15) is 4.98 Å². The van der Waals surface area contributed by atoms with Crippen LogP contribution in [-0.4, -0.2) is 23.6 Å². The summed E-state index contributed by atoms with van der Waals surface area (Å²) in [6.07, 6.45) is 1.57. The minimum Gasteiger partial charge on any atom is -0.497 e. The van der Waals surface area contributed by atoms with Gasteiger partial charge in [-0.1, -0.05) is 11.6 Å². The molecule has 0 spiro atoms. The number of halogens is 1. The molecule has 2 N–H and O–H groups in total. The molecule has 19 heavy (non-hydrogen) atoms. The summed E-state index contributed by atoms with van der Waals surface area (Å²) in [6, 6.07) is 7.51. The molecule has 1 aromatic heterocycles. The van der Waals surface area contributed by atoms with Crippen molar-refractivity contribution in [1.82, 2.24) is 9.97 Å². The summed E-state index contributed by atoms with van der Waals surface area (Å²) in [7, 11) is 1.63. The van der Waals surface area contributed by atoms with Gasteiger partial charge in [0.1, 0.15) is 10.8 Å². The number of rotatable bonds is 5. The van der Waals surface area contributed by atoms with Crippen LogP contribution in [0.1, 0.15) is 6.92 Å². The smallest absolute Gasteiger partial charge is 0.224 e. The molecule has 0 aliphatic carbocycles. The molecule has 0 aliphatic heterocycles. The first-order valence-corrected chi connectivity index (χ1v) is 6.28. The van der Waals surface area contributed by atoms with E-state index in [1.165, 1.54) is 0 Å². The van der Waals surface area contributed by atoms with Crippen molar-refractivity contribution >= 4 is 29.1 Å². The van der Waals surface area contributed by atoms with Gasteiger partial charge in [0.25, 0.3) is 0 Å². The zero-order chi connectivity index (χ0) is 13.7. The van der Waals surface area contributed by atoms with E-state index in [2.05, 4.69) is 20.6 Å². The van der Waals surface area contributed by atoms with E-state index in [9.17, 15) is 0 Å². The van der Waals surface area contributed by atoms with E-state index in [0.29, 0.717) is 16.8 Å². The van der Waals surface area contributed by atoms with Crippen molar-refractivity contribution in [2.75, 3.05) is 24.3 Å². The van der Waals surface area contributed by atoms with Crippen LogP contribution in [-0.2, 0) is 0 Å². The molecule has 0 radical (unpaired) electrons. The van der Waals surface area contributed by atoms with Crippen LogP contribution in [0.5, 0.6) is 5.75 Å². The molecule has 5 nitrogen and oxygen atoms in total. The van der Waals surface area contributed by atoms with Crippen LogP contribution in [0.25, 0.3) is 0 Å². The Bertz CT molecular complexity index is 545. The zero-order valence-corrected chi connectivity index (χ0v) is 11.5. The molecule has 100 valence electrons. The van der Waals surface area contributed by atoms with Crippen LogP contribution in [0.4, 0.5) is 17.5 Å². The Labute approximate surface area is 117 Å². The predicted octanol–water partition coefficient (Wildman–Crippen LogP) is 3.31. The minimum absolute atomic E-state index is 0.470. The fourth-order valence-electron chi connectivity index (χ4n) is 1.51. The van der Waals surface area contributed by atoms with Crippen LogP contribution in [0, 0.1) is 0 Å². The Morgan fingerprint density at radius 3 is 2.63 bits per heavy atom. The Balaban J connectivity index is 2.18. The van der Waals surface area contributed by atoms with Gasteiger partial charge in [0.05, 0.1) is 13.3 Å². The molecule has 0 saturated heterocycles. The lowest BCUT2D eigenvalue weighted by molar-refractivity contribution is 0.415. The fourth-order valence-corrected chi connectivity index (χ4v) is 1.65. The maximum Gasteiger partial charge on any atom is 0.224 e. The Morgan fingerprint density at radius 1 is 1.26 bits per heavy atom. The standard InChI is InChI=1S/C13H15ClN4O/c1-3-15-13-16-8-11(14)12(18-13)17-9-4-6-10(19-2)7-5-9/h4-8H,3H2,1-2H3,(H2,15,16,17,18). The molecule has 6 heteroatoms. The second-order valence-electron chi connectivity index (χ2n) is 3.77. The third-order valence-corrected chi connectivity index (χ3v) is 2.71. The van der Waals surface area contributed by atoms with E-state index < -0.39 is 0 Å². The number of hydrogen-bond acceptors (Lipinski definition) is 5. The van der Waals surface area contributed by atoms with E-state index in [1.54, 1.807) is 13.3 Å². The maximum absolute atomic E-state index is 6.06. The number of aromatic nitrogens is 2. The van der Waals surface area contributed by atoms with Gasteiger partial charge >= 0.3 is 0 Å². The molecule has 0 aliphatic rings. The Kier molecular flexibility index (Phi) is 4.41. The summed E-state index contributed by atoms with van der Waals surface area (Å²) < 4.78 is 5.10. The summed E-state index contributed by atoms with van der Waals surface area (Å²) in [5, 5.41) is 6.65. The number of benzene rings is 1. The molecule has 2 aromatic rings. The van der Waals surface area contributed by atoms with Gasteiger partial charge in [0.2, 0.25) is 5.95 Å². The highest BCUT2D eigenvalue weighted by Crippen LogP contribution is 2.24. The van der Waals surface area contributed by atoms with Crippen LogP contribution in [0.15, 0.2) is 30.5 Å². The highest BCUT2D eigenvalue weighted by molar-refractivity contribution is 6.32. The van der Waals surface area contributed by atoms with Crippen LogP contribution in [0.2, 0.25) is 5.02 Å². The van der Waals surface area contributed by atoms with Crippen molar-refractivity contribution in [3.63, 3.8) is 0 Å². The third-order valence-electron chi connectivity index (χ3n) is 2.43. The van der Waals surface area contributed by atoms with Crippen molar-refractivity contribution < 1.29 is 4.74 Å². The molecule has 0 atom stereocenters. The highest BCUT2D eigenvalue weighted by Gasteiger charge is 2.05. The summed E-state index contributed by atoms with van der Waals surface area (Å²) in [5.74, 6) is 1.91. The van der Waals surface area contributed by atoms with Gasteiger partial charge in [0.15, 0.2) is 5.82 Å². The number of methoxy groups -OCH3 is 1. The Morgan fingerprint density at radius 2 is 2.00 bits per heavy atom. The van der Waals surface area contributed by atoms with Crippen molar-refractivity contribution in [3.8, 4) is 5.75 Å². The van der Waals surface area contributed by atoms with Gasteiger partial charge in [-0.05, 0) is 31.2 Å². The fraction of sp³-hybridized carbons (Fsp3) is 0.231. The summed E-state index contributed by atoms with van der Waals surface area (Å²) in [6.45, 7) is 2.73. The average molecular weight is 279 g/mol. The number of hydrogen-bond donors (Lipinski definition) is 2. The first-order valence-electron chi connectivity index (χ1n) is 5.90. The monoisotopic (exact) mass is 278 g/mol. The van der Waals surface area contributed by atoms with E-state index in [-0.39, 0.29) is 0 Å². The topological polar surface area (TPSA) is 59.1 Å². The zero-order valence-electron chi connectivity index (χ0n) is 10.8. The summed E-state index contributed by atoms with van der Waals surface area (Å²) >= 11 is 6.06. The van der Waals surface area contributed by atoms with Gasteiger partial charge in [0, 0.05) is 12.2 Å². The molecule has 1 aromatic carbocycles. The first-order chi connectivity index (χ1) is 9.22. The van der Waals surface area contributed by atoms with Crippen molar-refractivity contribution in [1.29, 1.82) is 0 Å². The number of nitrogens with zero attached hydrogens (tertiary/aromatic N) is 2. The van der Waals surface area contributed by atoms with Gasteiger partial charge in [-0.3, -0.25) is 0 Å². The summed E-state index contributed by atoms with van der Waals surface area (Å²) in [5.41, 5.74) is 0.879. The third kappa shape index (κ3) is 3.48. The lowest BCUT2D eigenvalue weighted by atomic mass is 10.3. The van der Waals surface area contributed by atoms with Crippen molar-refractivity contribution in [2.45, 2.75) is 6.92 Å². The van der Waals surface area contributed by atoms with Crippen LogP contribution in [0.3, 0.4) is 0 Å².